The van der Waals surface area contributed by atoms with Crippen molar-refractivity contribution >= 4 is 39.9 Å². The first-order valence-corrected chi connectivity index (χ1v) is 11.1. The maximum Gasteiger partial charge on any atom is 0.253 e. The summed E-state index contributed by atoms with van der Waals surface area (Å²) in [5.41, 5.74) is 0.884. The lowest BCUT2D eigenvalue weighted by molar-refractivity contribution is -0.117. The summed E-state index contributed by atoms with van der Waals surface area (Å²) in [6.07, 6.45) is 0. The molecule has 2 amide bonds. The summed E-state index contributed by atoms with van der Waals surface area (Å²) in [4.78, 5) is 32.9. The van der Waals surface area contributed by atoms with E-state index in [1.807, 2.05) is 4.90 Å². The molecule has 0 saturated carbocycles. The molecule has 1 saturated heterocycles. The highest BCUT2D eigenvalue weighted by atomic mass is 35.5. The molecule has 0 atom stereocenters. The molecule has 1 aliphatic heterocycles. The zero-order valence-corrected chi connectivity index (χ0v) is 18.4. The maximum atomic E-state index is 13.9. The van der Waals surface area contributed by atoms with Crippen LogP contribution in [0.2, 0.25) is 5.02 Å². The van der Waals surface area contributed by atoms with Gasteiger partial charge in [-0.2, -0.15) is 0 Å². The van der Waals surface area contributed by atoms with Crippen molar-refractivity contribution in [3.8, 4) is 11.3 Å². The number of carbonyl (C=O) groups is 2. The highest BCUT2D eigenvalue weighted by Crippen LogP contribution is 2.27. The normalized spacial score (nSPS) is 14.4. The Bertz CT molecular complexity index is 1130. The number of nitrogens with one attached hydrogen (secondary N) is 1. The summed E-state index contributed by atoms with van der Waals surface area (Å²) in [7, 11) is 0. The van der Waals surface area contributed by atoms with Gasteiger partial charge in [0.2, 0.25) is 5.91 Å². The average molecular weight is 477 g/mol. The van der Waals surface area contributed by atoms with E-state index in [1.54, 1.807) is 34.5 Å². The lowest BCUT2D eigenvalue weighted by atomic mass is 10.1. The minimum Gasteiger partial charge on any atom is -0.336 e. The lowest BCUT2D eigenvalue weighted by Crippen LogP contribution is -2.50. The van der Waals surface area contributed by atoms with Gasteiger partial charge in [0.15, 0.2) is 5.13 Å². The van der Waals surface area contributed by atoms with Gasteiger partial charge in [0.25, 0.3) is 5.91 Å². The molecular formula is C22H19ClF2N4O2S. The third kappa shape index (κ3) is 5.29. The molecule has 2 aromatic carbocycles. The van der Waals surface area contributed by atoms with Gasteiger partial charge < -0.3 is 10.2 Å². The number of hydrogen-bond acceptors (Lipinski definition) is 5. The predicted molar refractivity (Wildman–Crippen MR) is 120 cm³/mol. The molecule has 0 aliphatic carbocycles. The molecule has 1 N–H and O–H groups in total. The molecule has 2 heterocycles. The fraction of sp³-hybridized carbons (Fsp3) is 0.227. The van der Waals surface area contributed by atoms with Gasteiger partial charge in [0, 0.05) is 47.7 Å². The minimum absolute atomic E-state index is 0.0447. The summed E-state index contributed by atoms with van der Waals surface area (Å²) in [5, 5.41) is 5.15. The van der Waals surface area contributed by atoms with Crippen molar-refractivity contribution in [2.75, 3.05) is 38.0 Å². The summed E-state index contributed by atoms with van der Waals surface area (Å²) >= 11 is 7.01. The highest BCUT2D eigenvalue weighted by molar-refractivity contribution is 7.14. The summed E-state index contributed by atoms with van der Waals surface area (Å²) in [5.74, 6) is -1.47. The van der Waals surface area contributed by atoms with Crippen molar-refractivity contribution < 1.29 is 18.4 Å². The third-order valence-corrected chi connectivity index (χ3v) is 6.08. The number of hydrogen-bond donors (Lipinski definition) is 1. The Balaban J connectivity index is 1.28. The number of piperazine rings is 1. The first-order valence-electron chi connectivity index (χ1n) is 9.87. The Hall–Kier alpha value is -2.88. The number of rotatable bonds is 5. The van der Waals surface area contributed by atoms with Gasteiger partial charge >= 0.3 is 0 Å². The lowest BCUT2D eigenvalue weighted by Gasteiger charge is -2.34. The van der Waals surface area contributed by atoms with Gasteiger partial charge in [0.05, 0.1) is 12.2 Å². The van der Waals surface area contributed by atoms with Crippen LogP contribution in [0.3, 0.4) is 0 Å². The van der Waals surface area contributed by atoms with Crippen molar-refractivity contribution in [1.29, 1.82) is 0 Å². The summed E-state index contributed by atoms with van der Waals surface area (Å²) in [6, 6.07) is 9.91. The summed E-state index contributed by atoms with van der Waals surface area (Å²) < 4.78 is 27.3. The SMILES string of the molecule is O=C(CN1CCN(C(=O)c2ccc(Cl)cc2)CC1)Nc1nc(-c2cc(F)ccc2F)cs1. The van der Waals surface area contributed by atoms with Gasteiger partial charge in [0.1, 0.15) is 11.6 Å². The molecule has 1 fully saturated rings. The van der Waals surface area contributed by atoms with Gasteiger partial charge in [-0.1, -0.05) is 11.6 Å². The van der Waals surface area contributed by atoms with Crippen LogP contribution >= 0.6 is 22.9 Å². The fourth-order valence-electron chi connectivity index (χ4n) is 3.39. The molecule has 1 aliphatic rings. The van der Waals surface area contributed by atoms with Crippen molar-refractivity contribution in [2.24, 2.45) is 0 Å². The Morgan fingerprint density at radius 1 is 1.06 bits per heavy atom. The molecule has 0 radical (unpaired) electrons. The monoisotopic (exact) mass is 476 g/mol. The molecule has 32 heavy (non-hydrogen) atoms. The molecule has 166 valence electrons. The van der Waals surface area contributed by atoms with Crippen LogP contribution in [0.5, 0.6) is 0 Å². The Kier molecular flexibility index (Phi) is 6.78. The van der Waals surface area contributed by atoms with E-state index in [1.165, 1.54) is 0 Å². The van der Waals surface area contributed by atoms with Crippen molar-refractivity contribution in [2.45, 2.75) is 0 Å². The van der Waals surface area contributed by atoms with Crippen molar-refractivity contribution in [3.05, 3.63) is 70.1 Å². The minimum atomic E-state index is -0.583. The van der Waals surface area contributed by atoms with E-state index in [4.69, 9.17) is 11.6 Å². The van der Waals surface area contributed by atoms with E-state index in [0.29, 0.717) is 41.9 Å². The molecule has 0 unspecified atom stereocenters. The highest BCUT2D eigenvalue weighted by Gasteiger charge is 2.23. The van der Waals surface area contributed by atoms with E-state index in [9.17, 15) is 18.4 Å². The van der Waals surface area contributed by atoms with E-state index in [-0.39, 0.29) is 29.6 Å². The van der Waals surface area contributed by atoms with Crippen LogP contribution in [0.1, 0.15) is 10.4 Å². The van der Waals surface area contributed by atoms with Crippen LogP contribution in [0.15, 0.2) is 47.8 Å². The maximum absolute atomic E-state index is 13.9. The van der Waals surface area contributed by atoms with Crippen LogP contribution < -0.4 is 5.32 Å². The number of benzene rings is 2. The zero-order chi connectivity index (χ0) is 22.7. The van der Waals surface area contributed by atoms with Crippen molar-refractivity contribution in [3.63, 3.8) is 0 Å². The number of halogens is 3. The van der Waals surface area contributed by atoms with Crippen LogP contribution in [-0.4, -0.2) is 59.3 Å². The largest absolute Gasteiger partial charge is 0.336 e. The molecule has 1 aromatic heterocycles. The number of anilines is 1. The summed E-state index contributed by atoms with van der Waals surface area (Å²) in [6.45, 7) is 2.28. The first-order chi connectivity index (χ1) is 15.4. The number of amides is 2. The van der Waals surface area contributed by atoms with Gasteiger partial charge in [-0.25, -0.2) is 13.8 Å². The molecular weight excluding hydrogens is 458 g/mol. The molecule has 6 nitrogen and oxygen atoms in total. The van der Waals surface area contributed by atoms with E-state index in [2.05, 4.69) is 10.3 Å². The van der Waals surface area contributed by atoms with Gasteiger partial charge in [-0.05, 0) is 42.5 Å². The molecule has 0 spiro atoms. The van der Waals surface area contributed by atoms with E-state index >= 15 is 0 Å². The molecule has 4 rings (SSSR count). The van der Waals surface area contributed by atoms with Crippen LogP contribution in [0.4, 0.5) is 13.9 Å². The molecule has 3 aromatic rings. The van der Waals surface area contributed by atoms with Crippen LogP contribution in [0, 0.1) is 11.6 Å². The topological polar surface area (TPSA) is 65.5 Å². The van der Waals surface area contributed by atoms with E-state index in [0.717, 1.165) is 29.5 Å². The average Bonchev–Trinajstić information content (AvgIpc) is 3.24. The molecule has 10 heteroatoms. The number of carbonyl (C=O) groups excluding carboxylic acids is 2. The van der Waals surface area contributed by atoms with E-state index < -0.39 is 11.6 Å². The van der Waals surface area contributed by atoms with Crippen LogP contribution in [-0.2, 0) is 4.79 Å². The number of aromatic nitrogens is 1. The zero-order valence-electron chi connectivity index (χ0n) is 16.9. The van der Waals surface area contributed by atoms with Crippen LogP contribution in [0.25, 0.3) is 11.3 Å². The predicted octanol–water partition coefficient (Wildman–Crippen LogP) is 4.14. The Morgan fingerprint density at radius 3 is 2.50 bits per heavy atom. The standard InChI is InChI=1S/C22H19ClF2N4O2S/c23-15-3-1-14(2-4-15)21(31)29-9-7-28(8-10-29)12-20(30)27-22-26-19(13-32-22)17-11-16(24)5-6-18(17)25/h1-6,11,13H,7-10,12H2,(H,26,27,30). The Labute approximate surface area is 192 Å². The molecule has 0 bridgehead atoms. The fourth-order valence-corrected chi connectivity index (χ4v) is 4.25. The van der Waals surface area contributed by atoms with Gasteiger partial charge in [-0.3, -0.25) is 14.5 Å². The second-order valence-corrected chi connectivity index (χ2v) is 8.58. The number of thiazole rings is 1. The first kappa shape index (κ1) is 22.3. The quantitative estimate of drug-likeness (QED) is 0.601. The Morgan fingerprint density at radius 2 is 1.78 bits per heavy atom. The van der Waals surface area contributed by atoms with Crippen molar-refractivity contribution in [1.82, 2.24) is 14.8 Å². The second-order valence-electron chi connectivity index (χ2n) is 7.29. The van der Waals surface area contributed by atoms with Gasteiger partial charge in [-0.15, -0.1) is 11.3 Å². The third-order valence-electron chi connectivity index (χ3n) is 5.07. The number of nitrogens with zero attached hydrogens (tertiary/aromatic N) is 3. The second kappa shape index (κ2) is 9.72. The smallest absolute Gasteiger partial charge is 0.253 e.